The Bertz CT molecular complexity index is 900. The van der Waals surface area contributed by atoms with Crippen LogP contribution in [0.2, 0.25) is 0 Å². The molecule has 2 aromatic heterocycles. The van der Waals surface area contributed by atoms with Crippen LogP contribution in [0.5, 0.6) is 0 Å². The number of benzene rings is 1. The van der Waals surface area contributed by atoms with Crippen molar-refractivity contribution in [3.8, 4) is 17.5 Å². The predicted octanol–water partition coefficient (Wildman–Crippen LogP) is 4.33. The number of Topliss-reactive ketones (excluding diaryl/α,β-unsaturated/α-hetero) is 1. The highest BCUT2D eigenvalue weighted by molar-refractivity contribution is 8.00. The number of aromatic nitrogens is 1. The monoisotopic (exact) mass is 338 g/mol. The van der Waals surface area contributed by atoms with Gasteiger partial charge in [-0.05, 0) is 48.5 Å². The standard InChI is InChI=1S/C18H11FN2O2S/c19-14-6-3-12(4-7-14)16(22)11-24-18-13(10-20)5-8-15(21-18)17-2-1-9-23-17/h1-9H,11H2. The van der Waals surface area contributed by atoms with Crippen LogP contribution < -0.4 is 0 Å². The van der Waals surface area contributed by atoms with Gasteiger partial charge in [-0.1, -0.05) is 11.8 Å². The Morgan fingerprint density at radius 1 is 1.21 bits per heavy atom. The van der Waals surface area contributed by atoms with E-state index in [1.165, 1.54) is 36.0 Å². The van der Waals surface area contributed by atoms with Crippen LogP contribution in [0, 0.1) is 17.1 Å². The van der Waals surface area contributed by atoms with Gasteiger partial charge in [-0.3, -0.25) is 4.79 Å². The third-order valence-corrected chi connectivity index (χ3v) is 4.25. The number of carbonyl (C=O) groups excluding carboxylic acids is 1. The maximum atomic E-state index is 12.9. The van der Waals surface area contributed by atoms with E-state index in [0.717, 1.165) is 0 Å². The number of carbonyl (C=O) groups is 1. The van der Waals surface area contributed by atoms with E-state index >= 15 is 0 Å². The third-order valence-electron chi connectivity index (χ3n) is 3.26. The van der Waals surface area contributed by atoms with Crippen LogP contribution in [0.25, 0.3) is 11.5 Å². The molecule has 0 aliphatic carbocycles. The number of nitrogens with zero attached hydrogens (tertiary/aromatic N) is 2. The van der Waals surface area contributed by atoms with E-state index in [0.29, 0.717) is 27.6 Å². The highest BCUT2D eigenvalue weighted by Gasteiger charge is 2.13. The van der Waals surface area contributed by atoms with E-state index in [9.17, 15) is 14.4 Å². The second kappa shape index (κ2) is 7.11. The highest BCUT2D eigenvalue weighted by Crippen LogP contribution is 2.26. The van der Waals surface area contributed by atoms with Crippen LogP contribution in [-0.2, 0) is 0 Å². The molecule has 0 amide bonds. The molecule has 0 N–H and O–H groups in total. The molecule has 0 spiro atoms. The molecule has 0 aliphatic heterocycles. The average Bonchev–Trinajstić information content (AvgIpc) is 3.14. The fourth-order valence-electron chi connectivity index (χ4n) is 2.05. The van der Waals surface area contributed by atoms with Crippen LogP contribution in [0.4, 0.5) is 4.39 Å². The van der Waals surface area contributed by atoms with Crippen LogP contribution in [0.3, 0.4) is 0 Å². The molecule has 0 saturated heterocycles. The molecule has 0 saturated carbocycles. The van der Waals surface area contributed by atoms with E-state index in [1.54, 1.807) is 30.5 Å². The van der Waals surface area contributed by atoms with Gasteiger partial charge in [-0.2, -0.15) is 5.26 Å². The number of halogens is 1. The average molecular weight is 338 g/mol. The normalized spacial score (nSPS) is 10.3. The lowest BCUT2D eigenvalue weighted by Crippen LogP contribution is -2.03. The molecular formula is C18H11FN2O2S. The second-order valence-corrected chi connectivity index (χ2v) is 5.82. The molecule has 0 bridgehead atoms. The maximum absolute atomic E-state index is 12.9. The van der Waals surface area contributed by atoms with E-state index in [1.807, 2.05) is 0 Å². The van der Waals surface area contributed by atoms with Gasteiger partial charge in [0.2, 0.25) is 0 Å². The molecule has 24 heavy (non-hydrogen) atoms. The predicted molar refractivity (Wildman–Crippen MR) is 88.1 cm³/mol. The largest absolute Gasteiger partial charge is 0.463 e. The number of thioether (sulfide) groups is 1. The first-order chi connectivity index (χ1) is 11.7. The Morgan fingerprint density at radius 2 is 2.00 bits per heavy atom. The Balaban J connectivity index is 1.79. The Hall–Kier alpha value is -2.91. The summed E-state index contributed by atoms with van der Waals surface area (Å²) in [4.78, 5) is 16.6. The topological polar surface area (TPSA) is 66.9 Å². The minimum absolute atomic E-state index is 0.106. The third kappa shape index (κ3) is 3.53. The number of rotatable bonds is 5. The SMILES string of the molecule is N#Cc1ccc(-c2ccco2)nc1SCC(=O)c1ccc(F)cc1. The van der Waals surface area contributed by atoms with Crippen molar-refractivity contribution in [2.75, 3.05) is 5.75 Å². The summed E-state index contributed by atoms with van der Waals surface area (Å²) in [5.74, 6) is 0.147. The molecule has 0 atom stereocenters. The molecular weight excluding hydrogens is 327 g/mol. The number of nitriles is 1. The van der Waals surface area contributed by atoms with Crippen molar-refractivity contribution in [1.82, 2.24) is 4.98 Å². The first kappa shape index (κ1) is 16.0. The Kier molecular flexibility index (Phi) is 4.73. The quantitative estimate of drug-likeness (QED) is 0.512. The van der Waals surface area contributed by atoms with E-state index < -0.39 is 5.82 Å². The van der Waals surface area contributed by atoms with Gasteiger partial charge < -0.3 is 4.42 Å². The molecule has 3 rings (SSSR count). The van der Waals surface area contributed by atoms with Gasteiger partial charge in [0.1, 0.15) is 22.6 Å². The zero-order valence-electron chi connectivity index (χ0n) is 12.4. The van der Waals surface area contributed by atoms with Crippen LogP contribution in [-0.4, -0.2) is 16.5 Å². The number of pyridine rings is 1. The van der Waals surface area contributed by atoms with E-state index in [-0.39, 0.29) is 11.5 Å². The van der Waals surface area contributed by atoms with Crippen LogP contribution in [0.1, 0.15) is 15.9 Å². The first-order valence-corrected chi connectivity index (χ1v) is 8.02. The lowest BCUT2D eigenvalue weighted by Gasteiger charge is -2.05. The smallest absolute Gasteiger partial charge is 0.173 e. The van der Waals surface area contributed by atoms with Crippen molar-refractivity contribution in [2.24, 2.45) is 0 Å². The molecule has 0 unspecified atom stereocenters. The molecule has 118 valence electrons. The molecule has 0 radical (unpaired) electrons. The summed E-state index contributed by atoms with van der Waals surface area (Å²) in [5.41, 5.74) is 1.41. The summed E-state index contributed by atoms with van der Waals surface area (Å²) in [5, 5.41) is 9.66. The number of hydrogen-bond acceptors (Lipinski definition) is 5. The Morgan fingerprint density at radius 3 is 2.67 bits per heavy atom. The van der Waals surface area contributed by atoms with Crippen molar-refractivity contribution < 1.29 is 13.6 Å². The van der Waals surface area contributed by atoms with Gasteiger partial charge in [0, 0.05) is 5.56 Å². The minimum atomic E-state index is -0.390. The van der Waals surface area contributed by atoms with Crippen LogP contribution in [0.15, 0.2) is 64.2 Å². The van der Waals surface area contributed by atoms with Gasteiger partial charge in [-0.25, -0.2) is 9.37 Å². The molecule has 3 aromatic rings. The summed E-state index contributed by atoms with van der Waals surface area (Å²) in [7, 11) is 0. The summed E-state index contributed by atoms with van der Waals surface area (Å²) in [6, 6.07) is 14.3. The highest BCUT2D eigenvalue weighted by atomic mass is 32.2. The number of hydrogen-bond donors (Lipinski definition) is 0. The summed E-state index contributed by atoms with van der Waals surface area (Å²) in [6.45, 7) is 0. The zero-order valence-corrected chi connectivity index (χ0v) is 13.2. The molecule has 0 fully saturated rings. The zero-order chi connectivity index (χ0) is 16.9. The molecule has 4 nitrogen and oxygen atoms in total. The van der Waals surface area contributed by atoms with Gasteiger partial charge in [0.05, 0.1) is 17.6 Å². The number of furan rings is 1. The second-order valence-electron chi connectivity index (χ2n) is 4.86. The van der Waals surface area contributed by atoms with Crippen LogP contribution >= 0.6 is 11.8 Å². The van der Waals surface area contributed by atoms with Gasteiger partial charge >= 0.3 is 0 Å². The first-order valence-electron chi connectivity index (χ1n) is 7.04. The Labute approximate surface area is 141 Å². The fourth-order valence-corrected chi connectivity index (χ4v) is 2.92. The molecule has 6 heteroatoms. The van der Waals surface area contributed by atoms with Crippen molar-refractivity contribution >= 4 is 17.5 Å². The number of ketones is 1. The lowest BCUT2D eigenvalue weighted by molar-refractivity contribution is 0.102. The lowest BCUT2D eigenvalue weighted by atomic mass is 10.1. The summed E-state index contributed by atoms with van der Waals surface area (Å²) < 4.78 is 18.2. The van der Waals surface area contributed by atoms with Crippen molar-refractivity contribution in [3.05, 3.63) is 71.7 Å². The fraction of sp³-hybridized carbons (Fsp3) is 0.0556. The summed E-state index contributed by atoms with van der Waals surface area (Å²) >= 11 is 1.17. The van der Waals surface area contributed by atoms with Crippen molar-refractivity contribution in [1.29, 1.82) is 5.26 Å². The summed E-state index contributed by atoms with van der Waals surface area (Å²) in [6.07, 6.45) is 1.54. The molecule has 2 heterocycles. The van der Waals surface area contributed by atoms with Gasteiger partial charge in [0.25, 0.3) is 0 Å². The van der Waals surface area contributed by atoms with Gasteiger partial charge in [0.15, 0.2) is 11.5 Å². The van der Waals surface area contributed by atoms with Crippen molar-refractivity contribution in [3.63, 3.8) is 0 Å². The maximum Gasteiger partial charge on any atom is 0.173 e. The van der Waals surface area contributed by atoms with Gasteiger partial charge in [-0.15, -0.1) is 0 Å². The minimum Gasteiger partial charge on any atom is -0.463 e. The molecule has 0 aliphatic rings. The van der Waals surface area contributed by atoms with E-state index in [2.05, 4.69) is 11.1 Å². The van der Waals surface area contributed by atoms with Crippen molar-refractivity contribution in [2.45, 2.75) is 5.03 Å². The van der Waals surface area contributed by atoms with E-state index in [4.69, 9.17) is 4.42 Å². The molecule has 1 aromatic carbocycles.